The van der Waals surface area contributed by atoms with Crippen molar-refractivity contribution < 1.29 is 14.6 Å². The number of aliphatic hydroxyl groups is 1. The summed E-state index contributed by atoms with van der Waals surface area (Å²) in [6.45, 7) is 0. The molecule has 1 aromatic heterocycles. The molecule has 1 aromatic rings. The third-order valence-electron chi connectivity index (χ3n) is 1.66. The van der Waals surface area contributed by atoms with Crippen LogP contribution in [0.3, 0.4) is 0 Å². The quantitative estimate of drug-likeness (QED) is 0.643. The molecule has 0 bridgehead atoms. The fraction of sp³-hybridized carbons (Fsp3) is 0.500. The standard InChI is InChI=1S/C8H12N2O3/c1-10-5-6(4-9-10)3-7(11)8(12)13-2/h4-5,7,11H,3H2,1-2H3. The molecule has 5 heteroatoms. The van der Waals surface area contributed by atoms with Crippen molar-refractivity contribution in [1.29, 1.82) is 0 Å². The van der Waals surface area contributed by atoms with Crippen LogP contribution in [0, 0.1) is 0 Å². The topological polar surface area (TPSA) is 64.3 Å². The fourth-order valence-corrected chi connectivity index (χ4v) is 1.02. The Kier molecular flexibility index (Phi) is 3.02. The number of aliphatic hydroxyl groups excluding tert-OH is 1. The van der Waals surface area contributed by atoms with E-state index in [1.807, 2.05) is 0 Å². The van der Waals surface area contributed by atoms with Crippen molar-refractivity contribution >= 4 is 5.97 Å². The number of carbonyl (C=O) groups excluding carboxylic acids is 1. The number of nitrogens with zero attached hydrogens (tertiary/aromatic N) is 2. The van der Waals surface area contributed by atoms with E-state index in [1.54, 1.807) is 24.1 Å². The minimum Gasteiger partial charge on any atom is -0.467 e. The Hall–Kier alpha value is -1.36. The second kappa shape index (κ2) is 4.04. The van der Waals surface area contributed by atoms with Gasteiger partial charge >= 0.3 is 5.97 Å². The van der Waals surface area contributed by atoms with E-state index < -0.39 is 12.1 Å². The van der Waals surface area contributed by atoms with E-state index in [0.717, 1.165) is 5.56 Å². The van der Waals surface area contributed by atoms with Crippen LogP contribution in [0.25, 0.3) is 0 Å². The summed E-state index contributed by atoms with van der Waals surface area (Å²) in [7, 11) is 3.02. The van der Waals surface area contributed by atoms with Crippen molar-refractivity contribution in [3.05, 3.63) is 18.0 Å². The van der Waals surface area contributed by atoms with Crippen molar-refractivity contribution in [1.82, 2.24) is 9.78 Å². The van der Waals surface area contributed by atoms with Gasteiger partial charge in [0, 0.05) is 19.7 Å². The van der Waals surface area contributed by atoms with Gasteiger partial charge in [-0.05, 0) is 5.56 Å². The van der Waals surface area contributed by atoms with Crippen molar-refractivity contribution in [2.75, 3.05) is 7.11 Å². The Bertz CT molecular complexity index is 295. The van der Waals surface area contributed by atoms with Gasteiger partial charge in [0.1, 0.15) is 0 Å². The van der Waals surface area contributed by atoms with Crippen molar-refractivity contribution in [2.24, 2.45) is 7.05 Å². The molecule has 0 saturated carbocycles. The molecule has 0 saturated heterocycles. The van der Waals surface area contributed by atoms with E-state index in [0.29, 0.717) is 0 Å². The lowest BCUT2D eigenvalue weighted by Gasteiger charge is -2.05. The normalized spacial score (nSPS) is 12.5. The third kappa shape index (κ3) is 2.55. The molecule has 1 heterocycles. The molecular formula is C8H12N2O3. The van der Waals surface area contributed by atoms with Crippen LogP contribution >= 0.6 is 0 Å². The van der Waals surface area contributed by atoms with E-state index in [9.17, 15) is 9.90 Å². The second-order valence-corrected chi connectivity index (χ2v) is 2.77. The number of esters is 1. The molecule has 72 valence electrons. The molecule has 1 atom stereocenters. The first kappa shape index (κ1) is 9.73. The molecule has 1 rings (SSSR count). The number of rotatable bonds is 3. The summed E-state index contributed by atoms with van der Waals surface area (Å²) >= 11 is 0. The van der Waals surface area contributed by atoms with E-state index in [-0.39, 0.29) is 6.42 Å². The van der Waals surface area contributed by atoms with Crippen molar-refractivity contribution in [3.8, 4) is 0 Å². The maximum atomic E-state index is 10.8. The van der Waals surface area contributed by atoms with Gasteiger partial charge in [0.25, 0.3) is 0 Å². The molecular weight excluding hydrogens is 172 g/mol. The van der Waals surface area contributed by atoms with Gasteiger partial charge in [-0.2, -0.15) is 5.10 Å². The SMILES string of the molecule is COC(=O)C(O)Cc1cnn(C)c1. The average Bonchev–Trinajstić information content (AvgIpc) is 2.49. The molecule has 1 N–H and O–H groups in total. The summed E-state index contributed by atoms with van der Waals surface area (Å²) in [5.41, 5.74) is 0.806. The first-order chi connectivity index (χ1) is 6.13. The number of carbonyl (C=O) groups is 1. The lowest BCUT2D eigenvalue weighted by Crippen LogP contribution is -2.23. The van der Waals surface area contributed by atoms with E-state index in [4.69, 9.17) is 0 Å². The van der Waals surface area contributed by atoms with Gasteiger partial charge in [0.2, 0.25) is 0 Å². The molecule has 1 unspecified atom stereocenters. The van der Waals surface area contributed by atoms with Gasteiger partial charge in [0.15, 0.2) is 6.10 Å². The summed E-state index contributed by atoms with van der Waals surface area (Å²) in [6, 6.07) is 0. The first-order valence-electron chi connectivity index (χ1n) is 3.87. The number of aryl methyl sites for hydroxylation is 1. The average molecular weight is 184 g/mol. The van der Waals surface area contributed by atoms with Crippen LogP contribution in [-0.4, -0.2) is 34.1 Å². The molecule has 0 radical (unpaired) electrons. The molecule has 0 aliphatic carbocycles. The number of aromatic nitrogens is 2. The summed E-state index contributed by atoms with van der Waals surface area (Å²) in [5.74, 6) is -0.621. The van der Waals surface area contributed by atoms with Gasteiger partial charge in [0.05, 0.1) is 13.3 Å². The third-order valence-corrected chi connectivity index (χ3v) is 1.66. The summed E-state index contributed by atoms with van der Waals surface area (Å²) < 4.78 is 5.99. The number of hydrogen-bond acceptors (Lipinski definition) is 4. The maximum Gasteiger partial charge on any atom is 0.335 e. The van der Waals surface area contributed by atoms with Gasteiger partial charge in [-0.25, -0.2) is 4.79 Å². The Morgan fingerprint density at radius 2 is 2.54 bits per heavy atom. The molecule has 0 fully saturated rings. The van der Waals surface area contributed by atoms with Crippen LogP contribution in [-0.2, 0) is 23.0 Å². The molecule has 0 aromatic carbocycles. The zero-order valence-corrected chi connectivity index (χ0v) is 7.60. The molecule has 0 spiro atoms. The largest absolute Gasteiger partial charge is 0.467 e. The predicted molar refractivity (Wildman–Crippen MR) is 44.9 cm³/mol. The zero-order chi connectivity index (χ0) is 9.84. The smallest absolute Gasteiger partial charge is 0.335 e. The molecule has 0 aliphatic heterocycles. The van der Waals surface area contributed by atoms with Crippen LogP contribution in [0.2, 0.25) is 0 Å². The van der Waals surface area contributed by atoms with Gasteiger partial charge in [-0.3, -0.25) is 4.68 Å². The monoisotopic (exact) mass is 184 g/mol. The Balaban J connectivity index is 2.54. The van der Waals surface area contributed by atoms with Crippen LogP contribution in [0.15, 0.2) is 12.4 Å². The van der Waals surface area contributed by atoms with E-state index >= 15 is 0 Å². The minimum absolute atomic E-state index is 0.237. The number of ether oxygens (including phenoxy) is 1. The second-order valence-electron chi connectivity index (χ2n) is 2.77. The molecule has 13 heavy (non-hydrogen) atoms. The lowest BCUT2D eigenvalue weighted by molar-refractivity contribution is -0.150. The highest BCUT2D eigenvalue weighted by molar-refractivity contribution is 5.74. The minimum atomic E-state index is -1.10. The summed E-state index contributed by atoms with van der Waals surface area (Å²) in [5, 5.41) is 13.2. The maximum absolute atomic E-state index is 10.8. The van der Waals surface area contributed by atoms with Gasteiger partial charge < -0.3 is 9.84 Å². The predicted octanol–water partition coefficient (Wildman–Crippen LogP) is -0.504. The lowest BCUT2D eigenvalue weighted by atomic mass is 10.1. The molecule has 0 aliphatic rings. The number of methoxy groups -OCH3 is 1. The van der Waals surface area contributed by atoms with Crippen LogP contribution in [0.5, 0.6) is 0 Å². The molecule has 0 amide bonds. The zero-order valence-electron chi connectivity index (χ0n) is 7.60. The first-order valence-corrected chi connectivity index (χ1v) is 3.87. The van der Waals surface area contributed by atoms with Crippen molar-refractivity contribution in [3.63, 3.8) is 0 Å². The highest BCUT2D eigenvalue weighted by Gasteiger charge is 2.16. The van der Waals surface area contributed by atoms with Crippen LogP contribution < -0.4 is 0 Å². The highest BCUT2D eigenvalue weighted by Crippen LogP contribution is 2.02. The van der Waals surface area contributed by atoms with Gasteiger partial charge in [-0.15, -0.1) is 0 Å². The Labute approximate surface area is 75.9 Å². The van der Waals surface area contributed by atoms with E-state index in [2.05, 4.69) is 9.84 Å². The summed E-state index contributed by atoms with van der Waals surface area (Å²) in [6.07, 6.45) is 2.48. The number of hydrogen-bond donors (Lipinski definition) is 1. The van der Waals surface area contributed by atoms with Gasteiger partial charge in [-0.1, -0.05) is 0 Å². The summed E-state index contributed by atoms with van der Waals surface area (Å²) in [4.78, 5) is 10.8. The molecule has 5 nitrogen and oxygen atoms in total. The van der Waals surface area contributed by atoms with Crippen LogP contribution in [0.1, 0.15) is 5.56 Å². The Morgan fingerprint density at radius 3 is 3.00 bits per heavy atom. The van der Waals surface area contributed by atoms with Crippen LogP contribution in [0.4, 0.5) is 0 Å². The van der Waals surface area contributed by atoms with E-state index in [1.165, 1.54) is 7.11 Å². The Morgan fingerprint density at radius 1 is 1.85 bits per heavy atom. The highest BCUT2D eigenvalue weighted by atomic mass is 16.5. The fourth-order valence-electron chi connectivity index (χ4n) is 1.02. The van der Waals surface area contributed by atoms with Crippen molar-refractivity contribution in [2.45, 2.75) is 12.5 Å².